The maximum absolute atomic E-state index is 12.2. The van der Waals surface area contributed by atoms with E-state index in [1.165, 1.54) is 4.68 Å². The molecule has 6 nitrogen and oxygen atoms in total. The van der Waals surface area contributed by atoms with Gasteiger partial charge < -0.3 is 11.1 Å². The second-order valence-corrected chi connectivity index (χ2v) is 6.12. The summed E-state index contributed by atoms with van der Waals surface area (Å²) in [5, 5.41) is 10.7. The highest BCUT2D eigenvalue weighted by molar-refractivity contribution is 9.10. The Kier molecular flexibility index (Phi) is 4.90. The third-order valence-electron chi connectivity index (χ3n) is 3.53. The van der Waals surface area contributed by atoms with Crippen molar-refractivity contribution in [3.63, 3.8) is 0 Å². The Morgan fingerprint density at radius 2 is 1.83 bits per heavy atom. The van der Waals surface area contributed by atoms with Crippen LogP contribution in [0.1, 0.15) is 16.1 Å². The van der Waals surface area contributed by atoms with Crippen molar-refractivity contribution in [2.24, 2.45) is 0 Å². The summed E-state index contributed by atoms with van der Waals surface area (Å²) in [6.07, 6.45) is 0.743. The van der Waals surface area contributed by atoms with Gasteiger partial charge in [-0.3, -0.25) is 4.79 Å². The summed E-state index contributed by atoms with van der Waals surface area (Å²) in [5.74, 6) is -0.110. The number of rotatable bonds is 5. The molecule has 0 bridgehead atoms. The number of carbonyl (C=O) groups is 1. The molecular weight excluding hydrogens is 370 g/mol. The second kappa shape index (κ2) is 7.27. The molecule has 0 fully saturated rings. The van der Waals surface area contributed by atoms with Gasteiger partial charge in [-0.25, -0.2) is 0 Å². The lowest BCUT2D eigenvalue weighted by molar-refractivity contribution is 0.0950. The number of benzene rings is 2. The molecule has 0 atom stereocenters. The molecule has 0 spiro atoms. The quantitative estimate of drug-likeness (QED) is 0.706. The van der Waals surface area contributed by atoms with E-state index in [1.807, 2.05) is 54.6 Å². The number of hydrogen-bond donors (Lipinski definition) is 2. The van der Waals surface area contributed by atoms with E-state index in [2.05, 4.69) is 31.6 Å². The zero-order valence-corrected chi connectivity index (χ0v) is 14.4. The molecule has 0 aliphatic carbocycles. The number of nitrogens with two attached hydrogens (primary N) is 1. The molecule has 3 N–H and O–H groups in total. The Hall–Kier alpha value is -2.67. The molecule has 3 rings (SSSR count). The molecule has 7 heteroatoms. The molecule has 0 radical (unpaired) electrons. The largest absolute Gasteiger partial charge is 0.382 e. The summed E-state index contributed by atoms with van der Waals surface area (Å²) >= 11 is 3.37. The number of nitrogens with zero attached hydrogens (tertiary/aromatic N) is 3. The minimum atomic E-state index is -0.327. The van der Waals surface area contributed by atoms with Gasteiger partial charge in [-0.2, -0.15) is 4.68 Å². The number of nitrogens with one attached hydrogen (secondary N) is 1. The first-order chi connectivity index (χ1) is 11.6. The Morgan fingerprint density at radius 1 is 1.12 bits per heavy atom. The van der Waals surface area contributed by atoms with E-state index in [0.717, 1.165) is 22.1 Å². The maximum Gasteiger partial charge on any atom is 0.275 e. The fourth-order valence-corrected chi connectivity index (χ4v) is 2.54. The minimum absolute atomic E-state index is 0.131. The van der Waals surface area contributed by atoms with Gasteiger partial charge in [0.25, 0.3) is 5.91 Å². The first-order valence-corrected chi connectivity index (χ1v) is 8.23. The third kappa shape index (κ3) is 3.62. The van der Waals surface area contributed by atoms with Crippen LogP contribution in [-0.2, 0) is 6.42 Å². The molecule has 1 heterocycles. The standard InChI is InChI=1S/C17H16BrN5O/c18-13-6-8-14(9-7-13)23-16(19)15(21-22-23)17(24)20-11-10-12-4-2-1-3-5-12/h1-9H,10-11,19H2,(H,20,24). The van der Waals surface area contributed by atoms with E-state index in [1.54, 1.807) is 0 Å². The van der Waals surface area contributed by atoms with Gasteiger partial charge in [0.05, 0.1) is 5.69 Å². The topological polar surface area (TPSA) is 85.8 Å². The minimum Gasteiger partial charge on any atom is -0.382 e. The molecule has 0 aliphatic heterocycles. The normalized spacial score (nSPS) is 10.5. The van der Waals surface area contributed by atoms with Crippen molar-refractivity contribution < 1.29 is 4.79 Å². The van der Waals surface area contributed by atoms with Crippen LogP contribution in [0.3, 0.4) is 0 Å². The summed E-state index contributed by atoms with van der Waals surface area (Å²) in [6, 6.07) is 17.4. The summed E-state index contributed by atoms with van der Waals surface area (Å²) in [6.45, 7) is 0.507. The van der Waals surface area contributed by atoms with Crippen molar-refractivity contribution in [1.29, 1.82) is 0 Å². The van der Waals surface area contributed by atoms with Crippen LogP contribution in [-0.4, -0.2) is 27.4 Å². The van der Waals surface area contributed by atoms with Crippen LogP contribution < -0.4 is 11.1 Å². The Labute approximate surface area is 147 Å². The van der Waals surface area contributed by atoms with E-state index < -0.39 is 0 Å². The molecular formula is C17H16BrN5O. The predicted molar refractivity (Wildman–Crippen MR) is 96.0 cm³/mol. The van der Waals surface area contributed by atoms with Crippen molar-refractivity contribution in [2.75, 3.05) is 12.3 Å². The van der Waals surface area contributed by atoms with Gasteiger partial charge in [-0.05, 0) is 36.2 Å². The number of halogens is 1. The van der Waals surface area contributed by atoms with Crippen molar-refractivity contribution in [3.8, 4) is 5.69 Å². The Morgan fingerprint density at radius 3 is 2.54 bits per heavy atom. The number of aromatic nitrogens is 3. The SMILES string of the molecule is Nc1c(C(=O)NCCc2ccccc2)nnn1-c1ccc(Br)cc1. The van der Waals surface area contributed by atoms with Gasteiger partial charge in [-0.15, -0.1) is 5.10 Å². The Bertz CT molecular complexity index is 830. The zero-order chi connectivity index (χ0) is 16.9. The van der Waals surface area contributed by atoms with Crippen LogP contribution in [0.5, 0.6) is 0 Å². The van der Waals surface area contributed by atoms with Gasteiger partial charge in [-0.1, -0.05) is 51.5 Å². The van der Waals surface area contributed by atoms with Gasteiger partial charge in [0.1, 0.15) is 0 Å². The average Bonchev–Trinajstić information content (AvgIpc) is 2.98. The first kappa shape index (κ1) is 16.2. The molecule has 0 saturated heterocycles. The van der Waals surface area contributed by atoms with Crippen molar-refractivity contribution >= 4 is 27.7 Å². The van der Waals surface area contributed by atoms with E-state index in [-0.39, 0.29) is 17.4 Å². The first-order valence-electron chi connectivity index (χ1n) is 7.44. The third-order valence-corrected chi connectivity index (χ3v) is 4.06. The monoisotopic (exact) mass is 385 g/mol. The van der Waals surface area contributed by atoms with Crippen LogP contribution in [0.15, 0.2) is 59.1 Å². The van der Waals surface area contributed by atoms with Gasteiger partial charge in [0, 0.05) is 11.0 Å². The average molecular weight is 386 g/mol. The van der Waals surface area contributed by atoms with E-state index in [4.69, 9.17) is 5.73 Å². The fraction of sp³-hybridized carbons (Fsp3) is 0.118. The maximum atomic E-state index is 12.2. The zero-order valence-electron chi connectivity index (χ0n) is 12.8. The summed E-state index contributed by atoms with van der Waals surface area (Å²) in [4.78, 5) is 12.2. The molecule has 1 amide bonds. The molecule has 24 heavy (non-hydrogen) atoms. The molecule has 0 saturated carbocycles. The van der Waals surface area contributed by atoms with Crippen LogP contribution in [0, 0.1) is 0 Å². The number of hydrogen-bond acceptors (Lipinski definition) is 4. The summed E-state index contributed by atoms with van der Waals surface area (Å²) in [7, 11) is 0. The van der Waals surface area contributed by atoms with Crippen LogP contribution in [0.25, 0.3) is 5.69 Å². The lowest BCUT2D eigenvalue weighted by Gasteiger charge is -2.05. The van der Waals surface area contributed by atoms with E-state index in [9.17, 15) is 4.79 Å². The van der Waals surface area contributed by atoms with Crippen LogP contribution in [0.4, 0.5) is 5.82 Å². The number of anilines is 1. The smallest absolute Gasteiger partial charge is 0.275 e. The molecule has 0 unspecified atom stereocenters. The highest BCUT2D eigenvalue weighted by Gasteiger charge is 2.17. The predicted octanol–water partition coefficient (Wildman–Crippen LogP) is 2.58. The van der Waals surface area contributed by atoms with Crippen LogP contribution >= 0.6 is 15.9 Å². The summed E-state index contributed by atoms with van der Waals surface area (Å²) in [5.41, 5.74) is 8.05. The van der Waals surface area contributed by atoms with E-state index >= 15 is 0 Å². The number of amides is 1. The van der Waals surface area contributed by atoms with Crippen molar-refractivity contribution in [3.05, 3.63) is 70.3 Å². The molecule has 0 aliphatic rings. The highest BCUT2D eigenvalue weighted by atomic mass is 79.9. The highest BCUT2D eigenvalue weighted by Crippen LogP contribution is 2.17. The lowest BCUT2D eigenvalue weighted by Crippen LogP contribution is -2.27. The molecule has 1 aromatic heterocycles. The second-order valence-electron chi connectivity index (χ2n) is 5.20. The number of nitrogen functional groups attached to an aromatic ring is 1. The molecule has 3 aromatic rings. The molecule has 2 aromatic carbocycles. The van der Waals surface area contributed by atoms with Crippen molar-refractivity contribution in [2.45, 2.75) is 6.42 Å². The van der Waals surface area contributed by atoms with Gasteiger partial charge in [0.15, 0.2) is 11.5 Å². The van der Waals surface area contributed by atoms with Gasteiger partial charge >= 0.3 is 0 Å². The Balaban J connectivity index is 1.66. The lowest BCUT2D eigenvalue weighted by atomic mass is 10.1. The summed E-state index contributed by atoms with van der Waals surface area (Å²) < 4.78 is 2.39. The van der Waals surface area contributed by atoms with Gasteiger partial charge in [0.2, 0.25) is 0 Å². The van der Waals surface area contributed by atoms with E-state index in [0.29, 0.717) is 6.54 Å². The van der Waals surface area contributed by atoms with Crippen LogP contribution in [0.2, 0.25) is 0 Å². The fourth-order valence-electron chi connectivity index (χ4n) is 2.27. The van der Waals surface area contributed by atoms with Crippen molar-refractivity contribution in [1.82, 2.24) is 20.3 Å². The number of carbonyl (C=O) groups excluding carboxylic acids is 1. The molecule has 122 valence electrons.